The highest BCUT2D eigenvalue weighted by Crippen LogP contribution is 2.41. The lowest BCUT2D eigenvalue weighted by molar-refractivity contribution is -0.142. The fourth-order valence-electron chi connectivity index (χ4n) is 2.12. The molecule has 1 aliphatic rings. The second-order valence-electron chi connectivity index (χ2n) is 4.88. The number of hydrogen-bond acceptors (Lipinski definition) is 5. The molecule has 1 aromatic carbocycles. The Labute approximate surface area is 132 Å². The molecule has 1 aliphatic heterocycles. The SMILES string of the molecule is CC(=O)NC1=C(OC(C)=O)C(=O)C(C)(c2ccccc2Cl)O1. The topological polar surface area (TPSA) is 81.7 Å². The molecular formula is C15H14ClNO5. The van der Waals surface area contributed by atoms with Crippen LogP contribution in [0.2, 0.25) is 5.02 Å². The molecule has 1 heterocycles. The van der Waals surface area contributed by atoms with Crippen LogP contribution >= 0.6 is 11.6 Å². The number of halogens is 1. The normalized spacial score (nSPS) is 20.6. The van der Waals surface area contributed by atoms with Crippen LogP contribution in [0.5, 0.6) is 0 Å². The molecule has 0 aliphatic carbocycles. The fourth-order valence-corrected chi connectivity index (χ4v) is 2.44. The van der Waals surface area contributed by atoms with Gasteiger partial charge in [0, 0.05) is 24.4 Å². The van der Waals surface area contributed by atoms with Crippen LogP contribution in [0.3, 0.4) is 0 Å². The van der Waals surface area contributed by atoms with E-state index in [-0.39, 0.29) is 11.6 Å². The van der Waals surface area contributed by atoms with Gasteiger partial charge in [0.05, 0.1) is 0 Å². The summed E-state index contributed by atoms with van der Waals surface area (Å²) in [6.07, 6.45) is 0. The van der Waals surface area contributed by atoms with Gasteiger partial charge in [0.15, 0.2) is 0 Å². The molecule has 1 unspecified atom stereocenters. The summed E-state index contributed by atoms with van der Waals surface area (Å²) in [7, 11) is 0. The largest absolute Gasteiger partial charge is 0.456 e. The zero-order valence-corrected chi connectivity index (χ0v) is 13.0. The molecule has 0 saturated heterocycles. The maximum absolute atomic E-state index is 12.6. The summed E-state index contributed by atoms with van der Waals surface area (Å²) in [6.45, 7) is 3.89. The number of benzene rings is 1. The van der Waals surface area contributed by atoms with Gasteiger partial charge in [0.1, 0.15) is 0 Å². The van der Waals surface area contributed by atoms with Gasteiger partial charge in [0.25, 0.3) is 5.78 Å². The molecule has 0 saturated carbocycles. The summed E-state index contributed by atoms with van der Waals surface area (Å²) in [6, 6.07) is 6.65. The molecule has 7 heteroatoms. The van der Waals surface area contributed by atoms with Crippen molar-refractivity contribution in [1.82, 2.24) is 5.32 Å². The molecule has 1 N–H and O–H groups in total. The van der Waals surface area contributed by atoms with Crippen molar-refractivity contribution in [2.45, 2.75) is 26.4 Å². The van der Waals surface area contributed by atoms with E-state index in [9.17, 15) is 14.4 Å². The third-order valence-electron chi connectivity index (χ3n) is 3.08. The molecular weight excluding hydrogens is 310 g/mol. The number of ketones is 1. The molecule has 0 bridgehead atoms. The fraction of sp³-hybridized carbons (Fsp3) is 0.267. The van der Waals surface area contributed by atoms with E-state index in [2.05, 4.69) is 5.32 Å². The third kappa shape index (κ3) is 2.82. The Balaban J connectivity index is 2.48. The van der Waals surface area contributed by atoms with Gasteiger partial charge >= 0.3 is 5.97 Å². The first-order valence-electron chi connectivity index (χ1n) is 6.45. The Morgan fingerprint density at radius 1 is 1.27 bits per heavy atom. The monoisotopic (exact) mass is 323 g/mol. The van der Waals surface area contributed by atoms with Crippen LogP contribution in [0.1, 0.15) is 26.3 Å². The minimum Gasteiger partial charge on any atom is -0.456 e. The number of rotatable bonds is 3. The second kappa shape index (κ2) is 5.81. The molecule has 1 aromatic rings. The molecule has 0 radical (unpaired) electrons. The zero-order chi connectivity index (χ0) is 16.5. The number of carbonyl (C=O) groups excluding carboxylic acids is 3. The van der Waals surface area contributed by atoms with Gasteiger partial charge in [-0.05, 0) is 13.0 Å². The Hall–Kier alpha value is -2.34. The van der Waals surface area contributed by atoms with Gasteiger partial charge in [-0.2, -0.15) is 0 Å². The zero-order valence-electron chi connectivity index (χ0n) is 12.2. The number of Topliss-reactive ketones (excluding diaryl/α,β-unsaturated/α-hetero) is 1. The lowest BCUT2D eigenvalue weighted by Gasteiger charge is -2.24. The average Bonchev–Trinajstić information content (AvgIpc) is 2.63. The lowest BCUT2D eigenvalue weighted by Crippen LogP contribution is -2.32. The number of esters is 1. The maximum atomic E-state index is 12.6. The van der Waals surface area contributed by atoms with Crippen LogP contribution in [0.25, 0.3) is 0 Å². The number of carbonyl (C=O) groups is 3. The number of hydrogen-bond donors (Lipinski definition) is 1. The molecule has 1 amide bonds. The van der Waals surface area contributed by atoms with Gasteiger partial charge in [-0.1, -0.05) is 29.8 Å². The average molecular weight is 324 g/mol. The first-order valence-corrected chi connectivity index (χ1v) is 6.82. The van der Waals surface area contributed by atoms with E-state index in [0.29, 0.717) is 10.6 Å². The number of ether oxygens (including phenoxy) is 2. The molecule has 6 nitrogen and oxygen atoms in total. The van der Waals surface area contributed by atoms with Gasteiger partial charge < -0.3 is 9.47 Å². The molecule has 0 aromatic heterocycles. The molecule has 22 heavy (non-hydrogen) atoms. The van der Waals surface area contributed by atoms with E-state index in [1.807, 2.05) is 0 Å². The van der Waals surface area contributed by atoms with Crippen molar-refractivity contribution in [2.24, 2.45) is 0 Å². The summed E-state index contributed by atoms with van der Waals surface area (Å²) in [5.74, 6) is -2.30. The summed E-state index contributed by atoms with van der Waals surface area (Å²) in [5, 5.41) is 2.67. The van der Waals surface area contributed by atoms with Crippen LogP contribution in [0, 0.1) is 0 Å². The van der Waals surface area contributed by atoms with Crippen LogP contribution in [-0.4, -0.2) is 17.7 Å². The van der Waals surface area contributed by atoms with E-state index < -0.39 is 23.3 Å². The highest BCUT2D eigenvalue weighted by atomic mass is 35.5. The van der Waals surface area contributed by atoms with Crippen molar-refractivity contribution in [3.05, 3.63) is 46.5 Å². The molecule has 1 atom stereocenters. The lowest BCUT2D eigenvalue weighted by atomic mass is 9.91. The highest BCUT2D eigenvalue weighted by molar-refractivity contribution is 6.32. The van der Waals surface area contributed by atoms with Crippen molar-refractivity contribution in [1.29, 1.82) is 0 Å². The Kier molecular flexibility index (Phi) is 4.23. The van der Waals surface area contributed by atoms with Gasteiger partial charge in [-0.15, -0.1) is 0 Å². The van der Waals surface area contributed by atoms with E-state index in [4.69, 9.17) is 21.1 Å². The standard InChI is InChI=1S/C15H14ClNO5/c1-8(18)17-14-12(21-9(2)19)13(20)15(3,22-14)10-6-4-5-7-11(10)16/h4-7H,1-3H3,(H,17,18). The second-order valence-corrected chi connectivity index (χ2v) is 5.28. The van der Waals surface area contributed by atoms with Crippen molar-refractivity contribution >= 4 is 29.3 Å². The molecule has 2 rings (SSSR count). The summed E-state index contributed by atoms with van der Waals surface area (Å²) in [4.78, 5) is 35.1. The van der Waals surface area contributed by atoms with Crippen molar-refractivity contribution < 1.29 is 23.9 Å². The Morgan fingerprint density at radius 3 is 2.45 bits per heavy atom. The van der Waals surface area contributed by atoms with Crippen molar-refractivity contribution in [3.63, 3.8) is 0 Å². The van der Waals surface area contributed by atoms with E-state index in [0.717, 1.165) is 6.92 Å². The Morgan fingerprint density at radius 2 is 1.91 bits per heavy atom. The van der Waals surface area contributed by atoms with E-state index in [1.54, 1.807) is 24.3 Å². The van der Waals surface area contributed by atoms with Crippen LogP contribution < -0.4 is 5.32 Å². The summed E-state index contributed by atoms with van der Waals surface area (Å²) < 4.78 is 10.5. The van der Waals surface area contributed by atoms with Gasteiger partial charge in [-0.3, -0.25) is 19.7 Å². The first kappa shape index (κ1) is 16.0. The predicted molar refractivity (Wildman–Crippen MR) is 77.5 cm³/mol. The molecule has 0 fully saturated rings. The van der Waals surface area contributed by atoms with Gasteiger partial charge in [0.2, 0.25) is 23.2 Å². The maximum Gasteiger partial charge on any atom is 0.308 e. The third-order valence-corrected chi connectivity index (χ3v) is 3.40. The minimum atomic E-state index is -1.49. The number of amides is 1. The quantitative estimate of drug-likeness (QED) is 0.861. The Bertz CT molecular complexity index is 697. The van der Waals surface area contributed by atoms with Crippen LogP contribution in [-0.2, 0) is 29.5 Å². The summed E-state index contributed by atoms with van der Waals surface area (Å²) in [5.41, 5.74) is -1.08. The first-order chi connectivity index (χ1) is 10.3. The van der Waals surface area contributed by atoms with Crippen LogP contribution in [0.4, 0.5) is 0 Å². The van der Waals surface area contributed by atoms with Crippen LogP contribution in [0.15, 0.2) is 35.9 Å². The number of nitrogens with one attached hydrogen (secondary N) is 1. The molecule has 0 spiro atoms. The van der Waals surface area contributed by atoms with Crippen molar-refractivity contribution in [2.75, 3.05) is 0 Å². The van der Waals surface area contributed by atoms with E-state index >= 15 is 0 Å². The van der Waals surface area contributed by atoms with Crippen molar-refractivity contribution in [3.8, 4) is 0 Å². The summed E-state index contributed by atoms with van der Waals surface area (Å²) >= 11 is 6.12. The van der Waals surface area contributed by atoms with E-state index in [1.165, 1.54) is 13.8 Å². The van der Waals surface area contributed by atoms with Gasteiger partial charge in [-0.25, -0.2) is 0 Å². The molecule has 116 valence electrons. The highest BCUT2D eigenvalue weighted by Gasteiger charge is 2.50. The minimum absolute atomic E-state index is 0.199. The smallest absolute Gasteiger partial charge is 0.308 e. The predicted octanol–water partition coefficient (Wildman–Crippen LogP) is 2.02.